The number of nitrogens with one attached hydrogen (secondary N) is 1. The molecule has 0 saturated carbocycles. The maximum atomic E-state index is 5.69. The Hall–Kier alpha value is -1.55. The summed E-state index contributed by atoms with van der Waals surface area (Å²) in [6.07, 6.45) is 4.20. The van der Waals surface area contributed by atoms with Gasteiger partial charge in [0, 0.05) is 36.1 Å². The fourth-order valence-electron chi connectivity index (χ4n) is 2.23. The van der Waals surface area contributed by atoms with Crippen LogP contribution in [-0.2, 0) is 12.8 Å². The molecule has 3 rings (SSSR count). The lowest BCUT2D eigenvalue weighted by Crippen LogP contribution is -2.05. The number of ether oxygens (including phenoxy) is 1. The zero-order chi connectivity index (χ0) is 12.4. The lowest BCUT2D eigenvalue weighted by Gasteiger charge is -2.07. The molecule has 1 atom stereocenters. The molecule has 3 nitrogen and oxygen atoms in total. The van der Waals surface area contributed by atoms with Crippen LogP contribution in [0.3, 0.4) is 0 Å². The van der Waals surface area contributed by atoms with E-state index in [-0.39, 0.29) is 0 Å². The van der Waals surface area contributed by atoms with Crippen LogP contribution in [0.2, 0.25) is 0 Å². The van der Waals surface area contributed by atoms with Crippen molar-refractivity contribution in [2.45, 2.75) is 25.9 Å². The van der Waals surface area contributed by atoms with Gasteiger partial charge in [0.15, 0.2) is 0 Å². The van der Waals surface area contributed by atoms with Crippen LogP contribution < -0.4 is 10.1 Å². The van der Waals surface area contributed by atoms with Gasteiger partial charge < -0.3 is 10.1 Å². The summed E-state index contributed by atoms with van der Waals surface area (Å²) in [4.78, 5) is 1.32. The Kier molecular flexibility index (Phi) is 3.19. The SMILES string of the molecule is CC1Cc2cc(NCCc3ccns3)ccc2O1. The number of nitrogens with zero attached hydrogens (tertiary/aromatic N) is 1. The zero-order valence-corrected chi connectivity index (χ0v) is 11.2. The highest BCUT2D eigenvalue weighted by Crippen LogP contribution is 2.30. The second-order valence-corrected chi connectivity index (χ2v) is 5.53. The summed E-state index contributed by atoms with van der Waals surface area (Å²) in [5.41, 5.74) is 2.49. The van der Waals surface area contributed by atoms with Crippen molar-refractivity contribution in [1.82, 2.24) is 4.37 Å². The molecule has 0 radical (unpaired) electrons. The van der Waals surface area contributed by atoms with Gasteiger partial charge in [0.25, 0.3) is 0 Å². The van der Waals surface area contributed by atoms with E-state index in [0.29, 0.717) is 6.10 Å². The Balaban J connectivity index is 1.59. The van der Waals surface area contributed by atoms with Crippen LogP contribution in [0.5, 0.6) is 5.75 Å². The normalized spacial score (nSPS) is 17.3. The second-order valence-electron chi connectivity index (χ2n) is 4.61. The number of aromatic nitrogens is 1. The van der Waals surface area contributed by atoms with E-state index in [1.807, 2.05) is 6.20 Å². The van der Waals surface area contributed by atoms with Gasteiger partial charge in [-0.3, -0.25) is 0 Å². The molecule has 0 aliphatic carbocycles. The van der Waals surface area contributed by atoms with Crippen molar-refractivity contribution >= 4 is 17.2 Å². The van der Waals surface area contributed by atoms with Crippen molar-refractivity contribution in [3.63, 3.8) is 0 Å². The van der Waals surface area contributed by atoms with Crippen LogP contribution in [0.4, 0.5) is 5.69 Å². The summed E-state index contributed by atoms with van der Waals surface area (Å²) in [7, 11) is 0. The van der Waals surface area contributed by atoms with Gasteiger partial charge >= 0.3 is 0 Å². The Morgan fingerprint density at radius 3 is 3.22 bits per heavy atom. The van der Waals surface area contributed by atoms with Gasteiger partial charge in [-0.05, 0) is 48.3 Å². The number of hydrogen-bond acceptors (Lipinski definition) is 4. The highest BCUT2D eigenvalue weighted by atomic mass is 32.1. The van der Waals surface area contributed by atoms with Crippen LogP contribution in [0.25, 0.3) is 0 Å². The molecule has 2 aromatic rings. The van der Waals surface area contributed by atoms with E-state index in [4.69, 9.17) is 4.74 Å². The smallest absolute Gasteiger partial charge is 0.123 e. The van der Waals surface area contributed by atoms with Gasteiger partial charge in [0.05, 0.1) is 0 Å². The topological polar surface area (TPSA) is 34.2 Å². The molecule has 1 aromatic heterocycles. The standard InChI is InChI=1S/C14H16N2OS/c1-10-8-11-9-12(2-3-14(11)17-10)15-6-4-13-5-7-16-18-13/h2-3,5,7,9-10,15H,4,6,8H2,1H3. The van der Waals surface area contributed by atoms with Crippen molar-refractivity contribution in [3.8, 4) is 5.75 Å². The third kappa shape index (κ3) is 2.48. The number of anilines is 1. The molecule has 0 saturated heterocycles. The van der Waals surface area contributed by atoms with Crippen LogP contribution in [0.1, 0.15) is 17.4 Å². The van der Waals surface area contributed by atoms with E-state index >= 15 is 0 Å². The summed E-state index contributed by atoms with van der Waals surface area (Å²) in [5.74, 6) is 1.04. The van der Waals surface area contributed by atoms with Crippen LogP contribution in [0.15, 0.2) is 30.5 Å². The fourth-order valence-corrected chi connectivity index (χ4v) is 2.81. The molecule has 1 unspecified atom stereocenters. The van der Waals surface area contributed by atoms with Crippen molar-refractivity contribution < 1.29 is 4.74 Å². The van der Waals surface area contributed by atoms with E-state index in [9.17, 15) is 0 Å². The molecular formula is C14H16N2OS. The molecule has 94 valence electrons. The van der Waals surface area contributed by atoms with Gasteiger partial charge in [0.1, 0.15) is 11.9 Å². The van der Waals surface area contributed by atoms with E-state index < -0.39 is 0 Å². The van der Waals surface area contributed by atoms with E-state index in [0.717, 1.165) is 25.1 Å². The minimum atomic E-state index is 0.312. The zero-order valence-electron chi connectivity index (χ0n) is 10.3. The summed E-state index contributed by atoms with van der Waals surface area (Å²) >= 11 is 1.57. The molecule has 2 heterocycles. The number of rotatable bonds is 4. The molecule has 0 spiro atoms. The highest BCUT2D eigenvalue weighted by molar-refractivity contribution is 7.05. The Labute approximate surface area is 111 Å². The minimum absolute atomic E-state index is 0.312. The second kappa shape index (κ2) is 4.98. The molecule has 1 aliphatic rings. The van der Waals surface area contributed by atoms with Gasteiger partial charge in [-0.25, -0.2) is 4.37 Å². The van der Waals surface area contributed by atoms with Crippen LogP contribution >= 0.6 is 11.5 Å². The minimum Gasteiger partial charge on any atom is -0.490 e. The predicted octanol–water partition coefficient (Wildman–Crippen LogP) is 3.12. The predicted molar refractivity (Wildman–Crippen MR) is 74.5 cm³/mol. The van der Waals surface area contributed by atoms with Gasteiger partial charge in [0.2, 0.25) is 0 Å². The molecule has 0 fully saturated rings. The Morgan fingerprint density at radius 1 is 1.44 bits per heavy atom. The maximum Gasteiger partial charge on any atom is 0.123 e. The summed E-state index contributed by atoms with van der Waals surface area (Å²) < 4.78 is 9.79. The van der Waals surface area contributed by atoms with Crippen molar-refractivity contribution in [2.75, 3.05) is 11.9 Å². The first-order valence-corrected chi connectivity index (χ1v) is 7.01. The number of fused-ring (bicyclic) bond motifs is 1. The monoisotopic (exact) mass is 260 g/mol. The van der Waals surface area contributed by atoms with Crippen molar-refractivity contribution in [3.05, 3.63) is 40.9 Å². The number of hydrogen-bond donors (Lipinski definition) is 1. The quantitative estimate of drug-likeness (QED) is 0.917. The summed E-state index contributed by atoms with van der Waals surface area (Å²) in [6, 6.07) is 8.42. The lowest BCUT2D eigenvalue weighted by atomic mass is 10.1. The van der Waals surface area contributed by atoms with E-state index in [1.165, 1.54) is 16.1 Å². The first kappa shape index (κ1) is 11.5. The van der Waals surface area contributed by atoms with E-state index in [2.05, 4.69) is 40.9 Å². The average molecular weight is 260 g/mol. The van der Waals surface area contributed by atoms with Crippen molar-refractivity contribution in [2.24, 2.45) is 0 Å². The highest BCUT2D eigenvalue weighted by Gasteiger charge is 2.18. The lowest BCUT2D eigenvalue weighted by molar-refractivity contribution is 0.254. The molecule has 0 bridgehead atoms. The molecule has 4 heteroatoms. The molecule has 0 amide bonds. The van der Waals surface area contributed by atoms with E-state index in [1.54, 1.807) is 11.5 Å². The first-order valence-electron chi connectivity index (χ1n) is 6.24. The van der Waals surface area contributed by atoms with Crippen molar-refractivity contribution in [1.29, 1.82) is 0 Å². The molecule has 1 aliphatic heterocycles. The van der Waals surface area contributed by atoms with Gasteiger partial charge in [-0.2, -0.15) is 0 Å². The van der Waals surface area contributed by atoms with Gasteiger partial charge in [-0.1, -0.05) is 0 Å². The largest absolute Gasteiger partial charge is 0.490 e. The van der Waals surface area contributed by atoms with Crippen LogP contribution in [-0.4, -0.2) is 17.0 Å². The molecule has 1 aromatic carbocycles. The molecule has 18 heavy (non-hydrogen) atoms. The molecular weight excluding hydrogens is 244 g/mol. The number of benzene rings is 1. The average Bonchev–Trinajstić information content (AvgIpc) is 2.96. The summed E-state index contributed by atoms with van der Waals surface area (Å²) in [5, 5.41) is 3.45. The van der Waals surface area contributed by atoms with Gasteiger partial charge in [-0.15, -0.1) is 0 Å². The third-order valence-electron chi connectivity index (χ3n) is 3.09. The fraction of sp³-hybridized carbons (Fsp3) is 0.357. The Bertz CT molecular complexity index is 525. The Morgan fingerprint density at radius 2 is 2.39 bits per heavy atom. The van der Waals surface area contributed by atoms with Crippen LogP contribution in [0, 0.1) is 0 Å². The first-order chi connectivity index (χ1) is 8.81. The maximum absolute atomic E-state index is 5.69. The summed E-state index contributed by atoms with van der Waals surface area (Å²) in [6.45, 7) is 3.05. The molecule has 1 N–H and O–H groups in total. The third-order valence-corrected chi connectivity index (χ3v) is 3.89.